The van der Waals surface area contributed by atoms with E-state index in [0.717, 1.165) is 51.4 Å². The smallest absolute Gasteiger partial charge is 0.315 e. The molecule has 51 heavy (non-hydrogen) atoms. The molecule has 0 unspecified atom stereocenters. The summed E-state index contributed by atoms with van der Waals surface area (Å²) < 4.78 is 25.7. The maximum atomic E-state index is 14.6. The normalized spacial score (nSPS) is 23.9. The van der Waals surface area contributed by atoms with Gasteiger partial charge in [0.25, 0.3) is 5.91 Å². The third kappa shape index (κ3) is 10.9. The number of hydrogen-bond acceptors (Lipinski definition) is 7. The van der Waals surface area contributed by atoms with Crippen molar-refractivity contribution in [2.45, 2.75) is 174 Å². The highest BCUT2D eigenvalue weighted by Gasteiger charge is 2.49. The summed E-state index contributed by atoms with van der Waals surface area (Å²) in [6.45, 7) is 17.0. The first kappa shape index (κ1) is 41.1. The Bertz CT molecular complexity index is 1430. The van der Waals surface area contributed by atoms with Crippen LogP contribution in [0.2, 0.25) is 0 Å². The monoisotopic (exact) mass is 735 g/mol. The molecular weight excluding hydrogens is 671 g/mol. The molecule has 0 aromatic carbocycles. The molecule has 4 N–H and O–H groups in total. The second kappa shape index (κ2) is 15.3. The van der Waals surface area contributed by atoms with E-state index in [-0.39, 0.29) is 29.7 Å². The van der Waals surface area contributed by atoms with Crippen LogP contribution < -0.4 is 21.3 Å². The number of nitrogens with one attached hydrogen (secondary N) is 4. The van der Waals surface area contributed by atoms with Gasteiger partial charge in [0.1, 0.15) is 12.1 Å². The van der Waals surface area contributed by atoms with Gasteiger partial charge in [0.05, 0.1) is 22.1 Å². The molecule has 4 rings (SSSR count). The van der Waals surface area contributed by atoms with Crippen molar-refractivity contribution in [1.29, 1.82) is 0 Å². The van der Waals surface area contributed by atoms with Crippen LogP contribution in [0, 0.1) is 22.7 Å². The molecule has 0 aromatic rings. The fourth-order valence-electron chi connectivity index (χ4n) is 7.28. The predicted octanol–water partition coefficient (Wildman–Crippen LogP) is 4.40. The first-order valence-electron chi connectivity index (χ1n) is 19.2. The molecule has 1 heterocycles. The van der Waals surface area contributed by atoms with Crippen LogP contribution in [-0.4, -0.2) is 89.6 Å². The van der Waals surface area contributed by atoms with E-state index < -0.39 is 73.2 Å². The van der Waals surface area contributed by atoms with Gasteiger partial charge in [-0.15, -0.1) is 0 Å². The summed E-state index contributed by atoms with van der Waals surface area (Å²) in [7, 11) is -3.57. The summed E-state index contributed by atoms with van der Waals surface area (Å²) >= 11 is 0. The zero-order valence-corrected chi connectivity index (χ0v) is 33.4. The van der Waals surface area contributed by atoms with Crippen LogP contribution in [0.3, 0.4) is 0 Å². The highest BCUT2D eigenvalue weighted by atomic mass is 32.2. The molecule has 5 amide bonds. The zero-order valence-electron chi connectivity index (χ0n) is 32.6. The molecular formula is C38H65N5O7S. The van der Waals surface area contributed by atoms with Crippen LogP contribution in [-0.2, 0) is 29.0 Å². The Morgan fingerprint density at radius 3 is 1.96 bits per heavy atom. The number of carbonyl (C=O) groups excluding carboxylic acids is 5. The zero-order chi connectivity index (χ0) is 38.2. The average Bonchev–Trinajstić information content (AvgIpc) is 3.94. The van der Waals surface area contributed by atoms with Gasteiger partial charge in [0, 0.05) is 12.6 Å². The summed E-state index contributed by atoms with van der Waals surface area (Å²) in [5.74, 6) is -1.98. The number of sulfone groups is 1. The molecule has 0 aromatic heterocycles. The van der Waals surface area contributed by atoms with Crippen LogP contribution in [0.5, 0.6) is 0 Å². The number of carbonyl (C=O) groups is 5. The van der Waals surface area contributed by atoms with Crippen molar-refractivity contribution >= 4 is 39.4 Å². The molecule has 4 atom stereocenters. The fraction of sp³-hybridized carbons (Fsp3) is 0.868. The summed E-state index contributed by atoms with van der Waals surface area (Å²) in [6, 6.07) is -3.54. The van der Waals surface area contributed by atoms with E-state index in [2.05, 4.69) is 42.0 Å². The summed E-state index contributed by atoms with van der Waals surface area (Å²) in [6.07, 6.45) is 8.84. The van der Waals surface area contributed by atoms with Gasteiger partial charge in [-0.1, -0.05) is 73.6 Å². The van der Waals surface area contributed by atoms with E-state index in [4.69, 9.17) is 0 Å². The van der Waals surface area contributed by atoms with Crippen LogP contribution in [0.25, 0.3) is 0 Å². The quantitative estimate of drug-likeness (QED) is 0.203. The Hall–Kier alpha value is -2.70. The molecule has 3 saturated carbocycles. The van der Waals surface area contributed by atoms with E-state index in [1.165, 1.54) is 4.90 Å². The van der Waals surface area contributed by atoms with E-state index in [0.29, 0.717) is 31.6 Å². The van der Waals surface area contributed by atoms with Crippen molar-refractivity contribution in [3.05, 3.63) is 0 Å². The summed E-state index contributed by atoms with van der Waals surface area (Å²) in [4.78, 5) is 70.2. The molecule has 1 aliphatic heterocycles. The average molecular weight is 736 g/mol. The van der Waals surface area contributed by atoms with Crippen LogP contribution in [0.15, 0.2) is 0 Å². The number of nitrogens with zero attached hydrogens (tertiary/aromatic N) is 1. The third-order valence-electron chi connectivity index (χ3n) is 11.4. The first-order valence-corrected chi connectivity index (χ1v) is 20.8. The fourth-order valence-corrected chi connectivity index (χ4v) is 8.80. The lowest BCUT2D eigenvalue weighted by Gasteiger charge is -2.41. The molecule has 1 saturated heterocycles. The summed E-state index contributed by atoms with van der Waals surface area (Å²) in [5, 5.41) is 11.6. The van der Waals surface area contributed by atoms with E-state index in [9.17, 15) is 32.4 Å². The van der Waals surface area contributed by atoms with E-state index in [1.807, 2.05) is 20.8 Å². The van der Waals surface area contributed by atoms with Crippen molar-refractivity contribution in [3.8, 4) is 0 Å². The number of Topliss-reactive ketones (excluding diaryl/α,β-unsaturated/α-hetero) is 1. The second-order valence-electron chi connectivity index (χ2n) is 19.1. The van der Waals surface area contributed by atoms with Crippen LogP contribution in [0.4, 0.5) is 4.79 Å². The van der Waals surface area contributed by atoms with Gasteiger partial charge < -0.3 is 26.2 Å². The van der Waals surface area contributed by atoms with Crippen LogP contribution >= 0.6 is 0 Å². The lowest BCUT2D eigenvalue weighted by atomic mass is 9.79. The van der Waals surface area contributed by atoms with Crippen molar-refractivity contribution < 1.29 is 32.4 Å². The number of hydrogen-bond donors (Lipinski definition) is 4. The van der Waals surface area contributed by atoms with Crippen molar-refractivity contribution in [2.75, 3.05) is 12.3 Å². The first-order chi connectivity index (χ1) is 23.4. The largest absolute Gasteiger partial charge is 0.347 e. The van der Waals surface area contributed by atoms with E-state index >= 15 is 0 Å². The molecule has 13 heteroatoms. The van der Waals surface area contributed by atoms with Gasteiger partial charge in [-0.05, 0) is 88.4 Å². The minimum atomic E-state index is -3.57. The SMILES string of the molecule is CC(C)(C)[C@@H]1C[C@@H](C(=O)N[C@@H](CCC2CC2)C(=O)C(=O)NC2CC2)N(C(=O)[C@@H](NC(=O)NC2(CS(=O)(=O)C(C)(C)C)CCCCC2)C(C)(C)C)C1. The maximum absolute atomic E-state index is 14.6. The standard InChI is InChI=1S/C38H65N5O7S/c1-35(2,3)25-21-28(31(45)40-27(18-15-24-13-14-24)29(44)32(46)39-26-16-17-26)43(22-25)33(47)30(36(4,5)6)41-34(48)42-38(19-11-10-12-20-38)23-51(49,50)37(7,8)9/h24-28,30H,10-23H2,1-9H3,(H,39,46)(H,40,45)(H2,41,42,48)/t25-,27+,28+,30-/m1/s1. The maximum Gasteiger partial charge on any atom is 0.315 e. The van der Waals surface area contributed by atoms with Gasteiger partial charge in [0.15, 0.2) is 9.84 Å². The topological polar surface area (TPSA) is 171 Å². The molecule has 0 bridgehead atoms. The Balaban J connectivity index is 1.55. The lowest BCUT2D eigenvalue weighted by Crippen LogP contribution is -2.63. The van der Waals surface area contributed by atoms with Crippen molar-refractivity contribution in [3.63, 3.8) is 0 Å². The molecule has 0 radical (unpaired) electrons. The van der Waals surface area contributed by atoms with Gasteiger partial charge in [-0.2, -0.15) is 0 Å². The third-order valence-corrected chi connectivity index (χ3v) is 14.2. The number of likely N-dealkylation sites (tertiary alicyclic amines) is 1. The van der Waals surface area contributed by atoms with Gasteiger partial charge in [-0.25, -0.2) is 13.2 Å². The van der Waals surface area contributed by atoms with Crippen molar-refractivity contribution in [2.24, 2.45) is 22.7 Å². The number of ketones is 1. The Labute approximate surface area is 306 Å². The van der Waals surface area contributed by atoms with E-state index in [1.54, 1.807) is 20.8 Å². The number of urea groups is 1. The molecule has 12 nitrogen and oxygen atoms in total. The minimum Gasteiger partial charge on any atom is -0.347 e. The van der Waals surface area contributed by atoms with Crippen LogP contribution in [0.1, 0.15) is 139 Å². The van der Waals surface area contributed by atoms with Gasteiger partial charge >= 0.3 is 6.03 Å². The number of rotatable bonds is 13. The number of amides is 5. The minimum absolute atomic E-state index is 0.00615. The Kier molecular flexibility index (Phi) is 12.4. The summed E-state index contributed by atoms with van der Waals surface area (Å²) in [5.41, 5.74) is -1.97. The predicted molar refractivity (Wildman–Crippen MR) is 197 cm³/mol. The highest BCUT2D eigenvalue weighted by molar-refractivity contribution is 7.92. The highest BCUT2D eigenvalue weighted by Crippen LogP contribution is 2.39. The molecule has 4 aliphatic rings. The Morgan fingerprint density at radius 2 is 1.45 bits per heavy atom. The Morgan fingerprint density at radius 1 is 0.843 bits per heavy atom. The molecule has 3 aliphatic carbocycles. The van der Waals surface area contributed by atoms with Gasteiger partial charge in [-0.3, -0.25) is 19.2 Å². The van der Waals surface area contributed by atoms with Crippen molar-refractivity contribution in [1.82, 2.24) is 26.2 Å². The molecule has 290 valence electrons. The molecule has 4 fully saturated rings. The second-order valence-corrected chi connectivity index (χ2v) is 21.9. The van der Waals surface area contributed by atoms with Gasteiger partial charge in [0.2, 0.25) is 17.6 Å². The lowest BCUT2D eigenvalue weighted by molar-refractivity contribution is -0.144. The molecule has 0 spiro atoms.